The number of carbonyl (C=O) groups excluding carboxylic acids is 2. The van der Waals surface area contributed by atoms with Crippen LogP contribution >= 0.6 is 11.6 Å². The quantitative estimate of drug-likeness (QED) is 0.923. The van der Waals surface area contributed by atoms with Gasteiger partial charge in [0.15, 0.2) is 0 Å². The van der Waals surface area contributed by atoms with Gasteiger partial charge in [-0.25, -0.2) is 0 Å². The number of hydrogen-bond donors (Lipinski definition) is 1. The first-order valence-corrected chi connectivity index (χ1v) is 6.86. The molecule has 0 bridgehead atoms. The van der Waals surface area contributed by atoms with Gasteiger partial charge in [-0.2, -0.15) is 0 Å². The maximum absolute atomic E-state index is 12.0. The number of hydrogen-bond acceptors (Lipinski definition) is 3. The molecule has 1 aliphatic rings. The van der Waals surface area contributed by atoms with Gasteiger partial charge in [-0.05, 0) is 25.0 Å². The van der Waals surface area contributed by atoms with Crippen LogP contribution in [0.5, 0.6) is 0 Å². The number of anilines is 1. The van der Waals surface area contributed by atoms with E-state index in [0.29, 0.717) is 17.3 Å². The number of nitrogens with zero attached hydrogens (tertiary/aromatic N) is 1. The summed E-state index contributed by atoms with van der Waals surface area (Å²) in [4.78, 5) is 25.3. The summed E-state index contributed by atoms with van der Waals surface area (Å²) in [5.74, 6) is -0.441. The lowest BCUT2D eigenvalue weighted by Crippen LogP contribution is -2.40. The molecule has 0 unspecified atom stereocenters. The largest absolute Gasteiger partial charge is 0.368 e. The Balaban J connectivity index is 1.87. The number of ether oxygens (including phenoxy) is 1. The highest BCUT2D eigenvalue weighted by atomic mass is 35.5. The number of benzene rings is 1. The van der Waals surface area contributed by atoms with Gasteiger partial charge in [0.25, 0.3) is 5.91 Å². The van der Waals surface area contributed by atoms with Crippen molar-refractivity contribution < 1.29 is 14.3 Å². The van der Waals surface area contributed by atoms with Crippen LogP contribution in [0, 0.1) is 0 Å². The fourth-order valence-electron chi connectivity index (χ4n) is 2.06. The van der Waals surface area contributed by atoms with Crippen LogP contribution in [0.25, 0.3) is 0 Å². The van der Waals surface area contributed by atoms with E-state index in [1.807, 2.05) is 0 Å². The van der Waals surface area contributed by atoms with E-state index >= 15 is 0 Å². The first-order chi connectivity index (χ1) is 9.58. The number of halogens is 1. The van der Waals surface area contributed by atoms with Crippen LogP contribution in [-0.4, -0.2) is 43.0 Å². The van der Waals surface area contributed by atoms with Crippen molar-refractivity contribution in [2.24, 2.45) is 0 Å². The van der Waals surface area contributed by atoms with Crippen LogP contribution in [0.15, 0.2) is 24.3 Å². The Hall–Kier alpha value is -1.59. The molecule has 0 aliphatic carbocycles. The van der Waals surface area contributed by atoms with Gasteiger partial charge in [0.05, 0.1) is 17.3 Å². The van der Waals surface area contributed by atoms with Crippen LogP contribution in [0.4, 0.5) is 5.69 Å². The Morgan fingerprint density at radius 2 is 2.20 bits per heavy atom. The third-order valence-electron chi connectivity index (χ3n) is 3.11. The van der Waals surface area contributed by atoms with E-state index in [0.717, 1.165) is 12.8 Å². The number of nitrogens with one attached hydrogen (secondary N) is 1. The van der Waals surface area contributed by atoms with E-state index in [9.17, 15) is 9.59 Å². The van der Waals surface area contributed by atoms with Crippen molar-refractivity contribution in [3.63, 3.8) is 0 Å². The van der Waals surface area contributed by atoms with Crippen molar-refractivity contribution in [3.05, 3.63) is 29.3 Å². The highest BCUT2D eigenvalue weighted by Gasteiger charge is 2.27. The molecular weight excluding hydrogens is 280 g/mol. The molecule has 1 heterocycles. The third-order valence-corrected chi connectivity index (χ3v) is 3.44. The van der Waals surface area contributed by atoms with Gasteiger partial charge in [-0.3, -0.25) is 9.59 Å². The lowest BCUT2D eigenvalue weighted by molar-refractivity contribution is -0.141. The maximum atomic E-state index is 12.0. The van der Waals surface area contributed by atoms with Gasteiger partial charge in [0.1, 0.15) is 6.10 Å². The average Bonchev–Trinajstić information content (AvgIpc) is 2.94. The molecule has 0 saturated carbocycles. The Kier molecular flexibility index (Phi) is 4.98. The molecular formula is C14H17ClN2O3. The molecule has 0 aromatic heterocycles. The van der Waals surface area contributed by atoms with Crippen molar-refractivity contribution >= 4 is 29.1 Å². The minimum atomic E-state index is -0.409. The second-order valence-electron chi connectivity index (χ2n) is 4.72. The Morgan fingerprint density at radius 1 is 1.45 bits per heavy atom. The fourth-order valence-corrected chi connectivity index (χ4v) is 2.25. The minimum Gasteiger partial charge on any atom is -0.368 e. The lowest BCUT2D eigenvalue weighted by atomic mass is 10.2. The molecule has 1 atom stereocenters. The molecule has 1 N–H and O–H groups in total. The van der Waals surface area contributed by atoms with Crippen LogP contribution in [0.2, 0.25) is 5.02 Å². The molecule has 0 radical (unpaired) electrons. The van der Waals surface area contributed by atoms with Gasteiger partial charge in [-0.1, -0.05) is 23.7 Å². The summed E-state index contributed by atoms with van der Waals surface area (Å²) in [5, 5.41) is 3.15. The summed E-state index contributed by atoms with van der Waals surface area (Å²) in [5.41, 5.74) is 0.539. The number of likely N-dealkylation sites (N-methyl/N-ethyl adjacent to an activating group) is 1. The Labute approximate surface area is 122 Å². The zero-order valence-electron chi connectivity index (χ0n) is 11.3. The number of carbonyl (C=O) groups is 2. The highest BCUT2D eigenvalue weighted by Crippen LogP contribution is 2.20. The van der Waals surface area contributed by atoms with Crippen molar-refractivity contribution in [3.8, 4) is 0 Å². The van der Waals surface area contributed by atoms with Crippen molar-refractivity contribution in [1.82, 2.24) is 4.90 Å². The summed E-state index contributed by atoms with van der Waals surface area (Å²) in [7, 11) is 1.59. The Bertz CT molecular complexity index is 501. The molecule has 108 valence electrons. The predicted molar refractivity (Wildman–Crippen MR) is 76.7 cm³/mol. The van der Waals surface area contributed by atoms with E-state index in [2.05, 4.69) is 5.32 Å². The van der Waals surface area contributed by atoms with Gasteiger partial charge >= 0.3 is 0 Å². The fraction of sp³-hybridized carbons (Fsp3) is 0.429. The van der Waals surface area contributed by atoms with Gasteiger partial charge in [0, 0.05) is 13.7 Å². The van der Waals surface area contributed by atoms with Crippen LogP contribution in [-0.2, 0) is 14.3 Å². The summed E-state index contributed by atoms with van der Waals surface area (Å²) in [6, 6.07) is 6.97. The summed E-state index contributed by atoms with van der Waals surface area (Å²) < 4.78 is 5.31. The molecule has 2 rings (SSSR count). The number of para-hydroxylation sites is 1. The average molecular weight is 297 g/mol. The van der Waals surface area contributed by atoms with Gasteiger partial charge in [-0.15, -0.1) is 0 Å². The third kappa shape index (κ3) is 3.71. The SMILES string of the molecule is CN(CC(=O)Nc1ccccc1Cl)C(=O)[C@@H]1CCCO1. The second-order valence-corrected chi connectivity index (χ2v) is 5.13. The van der Waals surface area contributed by atoms with Crippen molar-refractivity contribution in [2.45, 2.75) is 18.9 Å². The van der Waals surface area contributed by atoms with E-state index < -0.39 is 6.10 Å². The predicted octanol–water partition coefficient (Wildman–Crippen LogP) is 1.92. The Morgan fingerprint density at radius 3 is 2.85 bits per heavy atom. The molecule has 0 spiro atoms. The molecule has 6 heteroatoms. The smallest absolute Gasteiger partial charge is 0.251 e. The number of rotatable bonds is 4. The van der Waals surface area contributed by atoms with E-state index in [1.54, 1.807) is 31.3 Å². The van der Waals surface area contributed by atoms with Crippen LogP contribution < -0.4 is 5.32 Å². The standard InChI is InChI=1S/C14H17ClN2O3/c1-17(14(19)12-7-4-8-20-12)9-13(18)16-11-6-3-2-5-10(11)15/h2-3,5-6,12H,4,7-9H2,1H3,(H,16,18)/t12-/m0/s1. The molecule has 1 aliphatic heterocycles. The maximum Gasteiger partial charge on any atom is 0.251 e. The highest BCUT2D eigenvalue weighted by molar-refractivity contribution is 6.33. The first-order valence-electron chi connectivity index (χ1n) is 6.49. The van der Waals surface area contributed by atoms with E-state index in [4.69, 9.17) is 16.3 Å². The lowest BCUT2D eigenvalue weighted by Gasteiger charge is -2.20. The minimum absolute atomic E-state index is 0.0239. The molecule has 5 nitrogen and oxygen atoms in total. The molecule has 1 aromatic rings. The normalized spacial score (nSPS) is 17.8. The van der Waals surface area contributed by atoms with E-state index in [-0.39, 0.29) is 18.4 Å². The zero-order valence-corrected chi connectivity index (χ0v) is 12.0. The summed E-state index contributed by atoms with van der Waals surface area (Å²) in [6.07, 6.45) is 1.19. The molecule has 2 amide bonds. The van der Waals surface area contributed by atoms with Gasteiger partial charge in [0.2, 0.25) is 5.91 Å². The monoisotopic (exact) mass is 296 g/mol. The molecule has 20 heavy (non-hydrogen) atoms. The van der Waals surface area contributed by atoms with E-state index in [1.165, 1.54) is 4.90 Å². The summed E-state index contributed by atoms with van der Waals surface area (Å²) >= 11 is 5.96. The van der Waals surface area contributed by atoms with Crippen LogP contribution in [0.1, 0.15) is 12.8 Å². The molecule has 1 saturated heterocycles. The first kappa shape index (κ1) is 14.8. The van der Waals surface area contributed by atoms with Crippen LogP contribution in [0.3, 0.4) is 0 Å². The zero-order chi connectivity index (χ0) is 14.5. The second kappa shape index (κ2) is 6.72. The number of amides is 2. The van der Waals surface area contributed by atoms with Gasteiger partial charge < -0.3 is 15.0 Å². The molecule has 1 fully saturated rings. The topological polar surface area (TPSA) is 58.6 Å². The summed E-state index contributed by atoms with van der Waals surface area (Å²) in [6.45, 7) is 0.583. The molecule has 1 aromatic carbocycles. The van der Waals surface area contributed by atoms with Crippen molar-refractivity contribution in [1.29, 1.82) is 0 Å². The van der Waals surface area contributed by atoms with Crippen molar-refractivity contribution in [2.75, 3.05) is 25.5 Å².